The van der Waals surface area contributed by atoms with Crippen molar-refractivity contribution in [2.24, 2.45) is 16.0 Å². The molecule has 0 amide bonds. The standard InChI is InChI=1S/C13H19N3O2S2/c1-9(2)12-6-7-19-13(16-12)15-10-4-3-5-11(8-10)20(14,17)18/h3-5,8-9,12H,6-7H2,1-2H3,(H,15,16)(H2,14,17,18). The smallest absolute Gasteiger partial charge is 0.238 e. The Balaban J connectivity index is 2.18. The van der Waals surface area contributed by atoms with Crippen LogP contribution in [0.3, 0.4) is 0 Å². The molecule has 7 heteroatoms. The number of hydrogen-bond acceptors (Lipinski definition) is 5. The van der Waals surface area contributed by atoms with Gasteiger partial charge >= 0.3 is 0 Å². The summed E-state index contributed by atoms with van der Waals surface area (Å²) in [5.74, 6) is 1.52. The summed E-state index contributed by atoms with van der Waals surface area (Å²) in [6.45, 7) is 4.31. The van der Waals surface area contributed by atoms with E-state index in [2.05, 4.69) is 24.2 Å². The molecule has 3 N–H and O–H groups in total. The van der Waals surface area contributed by atoms with Crippen LogP contribution in [-0.2, 0) is 10.0 Å². The Morgan fingerprint density at radius 2 is 2.20 bits per heavy atom. The molecule has 5 nitrogen and oxygen atoms in total. The molecule has 1 aliphatic rings. The van der Waals surface area contributed by atoms with Crippen LogP contribution in [0.4, 0.5) is 5.69 Å². The van der Waals surface area contributed by atoms with E-state index in [1.54, 1.807) is 23.9 Å². The minimum atomic E-state index is -3.68. The van der Waals surface area contributed by atoms with Crippen LogP contribution in [-0.4, -0.2) is 25.4 Å². The van der Waals surface area contributed by atoms with E-state index in [1.807, 2.05) is 0 Å². The second-order valence-electron chi connectivity index (χ2n) is 5.08. The van der Waals surface area contributed by atoms with Crippen LogP contribution >= 0.6 is 11.8 Å². The van der Waals surface area contributed by atoms with Crippen LogP contribution in [0.5, 0.6) is 0 Å². The minimum absolute atomic E-state index is 0.101. The maximum atomic E-state index is 11.3. The van der Waals surface area contributed by atoms with E-state index in [-0.39, 0.29) is 4.90 Å². The van der Waals surface area contributed by atoms with Gasteiger partial charge in [-0.2, -0.15) is 0 Å². The number of nitrogens with two attached hydrogens (primary N) is 1. The largest absolute Gasteiger partial charge is 0.335 e. The molecule has 1 aromatic carbocycles. The number of nitrogens with zero attached hydrogens (tertiary/aromatic N) is 1. The lowest BCUT2D eigenvalue weighted by Crippen LogP contribution is -2.24. The summed E-state index contributed by atoms with van der Waals surface area (Å²) in [5, 5.41) is 9.14. The first-order valence-electron chi connectivity index (χ1n) is 6.47. The van der Waals surface area contributed by atoms with Gasteiger partial charge in [0.2, 0.25) is 10.0 Å². The molecule has 0 saturated carbocycles. The lowest BCUT2D eigenvalue weighted by Gasteiger charge is -2.23. The summed E-state index contributed by atoms with van der Waals surface area (Å²) in [6, 6.07) is 6.79. The topological polar surface area (TPSA) is 84.5 Å². The molecule has 20 heavy (non-hydrogen) atoms. The molecule has 0 radical (unpaired) electrons. The van der Waals surface area contributed by atoms with Gasteiger partial charge in [0.25, 0.3) is 0 Å². The van der Waals surface area contributed by atoms with Crippen molar-refractivity contribution in [2.45, 2.75) is 31.2 Å². The highest BCUT2D eigenvalue weighted by atomic mass is 32.2. The number of sulfonamides is 1. The molecule has 1 unspecified atom stereocenters. The molecular weight excluding hydrogens is 294 g/mol. The summed E-state index contributed by atoms with van der Waals surface area (Å²) in [7, 11) is -3.68. The van der Waals surface area contributed by atoms with E-state index < -0.39 is 10.0 Å². The van der Waals surface area contributed by atoms with Gasteiger partial charge in [-0.1, -0.05) is 31.7 Å². The predicted molar refractivity (Wildman–Crippen MR) is 84.6 cm³/mol. The van der Waals surface area contributed by atoms with Gasteiger partial charge < -0.3 is 5.32 Å². The number of thioether (sulfide) groups is 1. The Bertz CT molecular complexity index is 612. The molecular formula is C13H19N3O2S2. The second kappa shape index (κ2) is 6.15. The molecule has 2 rings (SSSR count). The van der Waals surface area contributed by atoms with Crippen molar-refractivity contribution in [3.05, 3.63) is 24.3 Å². The van der Waals surface area contributed by atoms with E-state index in [0.29, 0.717) is 17.6 Å². The SMILES string of the molecule is CC(C)C1CCSC(Nc2cccc(S(N)(=O)=O)c2)=N1. The van der Waals surface area contributed by atoms with Crippen molar-refractivity contribution in [3.8, 4) is 0 Å². The van der Waals surface area contributed by atoms with E-state index in [9.17, 15) is 8.42 Å². The van der Waals surface area contributed by atoms with Gasteiger partial charge in [-0.3, -0.25) is 4.99 Å². The van der Waals surface area contributed by atoms with Crippen LogP contribution in [0.15, 0.2) is 34.2 Å². The molecule has 0 fully saturated rings. The van der Waals surface area contributed by atoms with Gasteiger partial charge in [0, 0.05) is 11.4 Å². The summed E-state index contributed by atoms with van der Waals surface area (Å²) in [4.78, 5) is 4.76. The highest BCUT2D eigenvalue weighted by Gasteiger charge is 2.19. The average Bonchev–Trinajstić information content (AvgIpc) is 2.38. The second-order valence-corrected chi connectivity index (χ2v) is 7.73. The van der Waals surface area contributed by atoms with Crippen molar-refractivity contribution in [3.63, 3.8) is 0 Å². The molecule has 1 aromatic rings. The van der Waals surface area contributed by atoms with Crippen LogP contribution in [0.1, 0.15) is 20.3 Å². The summed E-state index contributed by atoms with van der Waals surface area (Å²) in [5.41, 5.74) is 0.687. The Labute approximate surface area is 124 Å². The minimum Gasteiger partial charge on any atom is -0.335 e. The lowest BCUT2D eigenvalue weighted by atomic mass is 10.0. The first-order valence-corrected chi connectivity index (χ1v) is 9.00. The van der Waals surface area contributed by atoms with Crippen LogP contribution in [0.2, 0.25) is 0 Å². The van der Waals surface area contributed by atoms with Crippen LogP contribution in [0, 0.1) is 5.92 Å². The van der Waals surface area contributed by atoms with Gasteiger partial charge in [0.15, 0.2) is 5.17 Å². The molecule has 0 spiro atoms. The zero-order valence-corrected chi connectivity index (χ0v) is 13.2. The summed E-state index contributed by atoms with van der Waals surface area (Å²) in [6.07, 6.45) is 1.07. The Kier molecular flexibility index (Phi) is 4.72. The lowest BCUT2D eigenvalue weighted by molar-refractivity contribution is 0.485. The number of nitrogens with one attached hydrogen (secondary N) is 1. The Morgan fingerprint density at radius 3 is 2.85 bits per heavy atom. The quantitative estimate of drug-likeness (QED) is 0.896. The fraction of sp³-hybridized carbons (Fsp3) is 0.462. The number of benzene rings is 1. The molecule has 110 valence electrons. The van der Waals surface area contributed by atoms with E-state index in [4.69, 9.17) is 5.14 Å². The number of aliphatic imine (C=N–C) groups is 1. The molecule has 1 aliphatic heterocycles. The molecule has 0 bridgehead atoms. The van der Waals surface area contributed by atoms with Crippen molar-refractivity contribution in [1.82, 2.24) is 0 Å². The highest BCUT2D eigenvalue weighted by Crippen LogP contribution is 2.24. The van der Waals surface area contributed by atoms with E-state index >= 15 is 0 Å². The van der Waals surface area contributed by atoms with E-state index in [1.165, 1.54) is 12.1 Å². The molecule has 1 atom stereocenters. The van der Waals surface area contributed by atoms with Gasteiger partial charge in [-0.15, -0.1) is 0 Å². The maximum absolute atomic E-state index is 11.3. The maximum Gasteiger partial charge on any atom is 0.238 e. The first kappa shape index (κ1) is 15.3. The monoisotopic (exact) mass is 313 g/mol. The van der Waals surface area contributed by atoms with Crippen molar-refractivity contribution < 1.29 is 8.42 Å². The van der Waals surface area contributed by atoms with Gasteiger partial charge in [-0.25, -0.2) is 13.6 Å². The normalized spacial score (nSPS) is 19.8. The van der Waals surface area contributed by atoms with Gasteiger partial charge in [0.1, 0.15) is 0 Å². The van der Waals surface area contributed by atoms with Gasteiger partial charge in [0.05, 0.1) is 10.9 Å². The first-order chi connectivity index (χ1) is 9.36. The number of rotatable bonds is 3. The van der Waals surface area contributed by atoms with Crippen LogP contribution in [0.25, 0.3) is 0 Å². The Morgan fingerprint density at radius 1 is 1.45 bits per heavy atom. The Hall–Kier alpha value is -1.05. The number of anilines is 1. The third kappa shape index (κ3) is 3.97. The third-order valence-corrected chi connectivity index (χ3v) is 4.95. The molecule has 0 aliphatic carbocycles. The molecule has 1 heterocycles. The predicted octanol–water partition coefficient (Wildman–Crippen LogP) is 2.26. The van der Waals surface area contributed by atoms with Crippen LogP contribution < -0.4 is 10.5 Å². The number of primary sulfonamides is 1. The van der Waals surface area contributed by atoms with Gasteiger partial charge in [-0.05, 0) is 30.5 Å². The number of hydrogen-bond donors (Lipinski definition) is 2. The zero-order valence-electron chi connectivity index (χ0n) is 11.5. The summed E-state index contributed by atoms with van der Waals surface area (Å²) < 4.78 is 22.7. The highest BCUT2D eigenvalue weighted by molar-refractivity contribution is 8.14. The molecule has 0 saturated heterocycles. The van der Waals surface area contributed by atoms with Crippen molar-refractivity contribution in [2.75, 3.05) is 11.1 Å². The fourth-order valence-electron chi connectivity index (χ4n) is 1.95. The summed E-state index contributed by atoms with van der Waals surface area (Å²) >= 11 is 1.65. The third-order valence-electron chi connectivity index (χ3n) is 3.12. The van der Waals surface area contributed by atoms with Crippen molar-refractivity contribution >= 4 is 32.6 Å². The van der Waals surface area contributed by atoms with E-state index in [0.717, 1.165) is 17.3 Å². The zero-order chi connectivity index (χ0) is 14.8. The molecule has 0 aromatic heterocycles. The fourth-order valence-corrected chi connectivity index (χ4v) is 3.47. The average molecular weight is 313 g/mol. The van der Waals surface area contributed by atoms with Crippen molar-refractivity contribution in [1.29, 1.82) is 0 Å². The number of amidine groups is 1.